The highest BCUT2D eigenvalue weighted by atomic mass is 79.9. The van der Waals surface area contributed by atoms with Crippen LogP contribution in [-0.2, 0) is 0 Å². The lowest BCUT2D eigenvalue weighted by molar-refractivity contribution is 0.136. The van der Waals surface area contributed by atoms with Crippen molar-refractivity contribution in [3.05, 3.63) is 34.3 Å². The Morgan fingerprint density at radius 3 is 2.89 bits per heavy atom. The van der Waals surface area contributed by atoms with E-state index >= 15 is 0 Å². The molecular formula is C15H23BrN2. The lowest BCUT2D eigenvalue weighted by atomic mass is 9.95. The van der Waals surface area contributed by atoms with E-state index in [0.717, 1.165) is 6.54 Å². The summed E-state index contributed by atoms with van der Waals surface area (Å²) in [5, 5.41) is 0. The summed E-state index contributed by atoms with van der Waals surface area (Å²) in [6.07, 6.45) is 4.00. The molecule has 1 aromatic carbocycles. The number of benzene rings is 1. The Balaban J connectivity index is 2.07. The van der Waals surface area contributed by atoms with E-state index in [9.17, 15) is 0 Å². The first-order chi connectivity index (χ1) is 8.66. The van der Waals surface area contributed by atoms with Gasteiger partial charge in [-0.05, 0) is 51.2 Å². The molecular weight excluding hydrogens is 288 g/mol. The number of nitrogens with zero attached hydrogens (tertiary/aromatic N) is 2. The van der Waals surface area contributed by atoms with Crippen LogP contribution in [-0.4, -0.2) is 43.5 Å². The van der Waals surface area contributed by atoms with Crippen molar-refractivity contribution in [1.82, 2.24) is 9.80 Å². The molecule has 0 aliphatic carbocycles. The van der Waals surface area contributed by atoms with Crippen LogP contribution < -0.4 is 0 Å². The summed E-state index contributed by atoms with van der Waals surface area (Å²) in [6, 6.07) is 9.41. The van der Waals surface area contributed by atoms with Crippen LogP contribution in [0.4, 0.5) is 0 Å². The summed E-state index contributed by atoms with van der Waals surface area (Å²) in [7, 11) is 4.30. The Bertz CT molecular complexity index is 379. The minimum absolute atomic E-state index is 0.608. The number of piperidine rings is 1. The first kappa shape index (κ1) is 14.0. The summed E-state index contributed by atoms with van der Waals surface area (Å²) in [5.74, 6) is 0. The molecule has 1 saturated heterocycles. The average Bonchev–Trinajstić information content (AvgIpc) is 2.36. The molecule has 2 nitrogen and oxygen atoms in total. The summed E-state index contributed by atoms with van der Waals surface area (Å²) in [4.78, 5) is 4.91. The number of hydrogen-bond donors (Lipinski definition) is 0. The Kier molecular flexibility index (Phi) is 5.22. The van der Waals surface area contributed by atoms with Crippen LogP contribution in [0, 0.1) is 0 Å². The fourth-order valence-electron chi connectivity index (χ4n) is 2.68. The highest BCUT2D eigenvalue weighted by Crippen LogP contribution is 2.31. The monoisotopic (exact) mass is 310 g/mol. The molecule has 0 bridgehead atoms. The summed E-state index contributed by atoms with van der Waals surface area (Å²) >= 11 is 3.58. The van der Waals surface area contributed by atoms with Crippen LogP contribution in [0.15, 0.2) is 28.7 Å². The van der Waals surface area contributed by atoms with E-state index in [1.54, 1.807) is 0 Å². The van der Waals surface area contributed by atoms with E-state index in [2.05, 4.69) is 64.1 Å². The van der Waals surface area contributed by atoms with E-state index < -0.39 is 0 Å². The minimum Gasteiger partial charge on any atom is -0.308 e. The molecule has 1 aromatic rings. The molecule has 2 rings (SSSR count). The largest absolute Gasteiger partial charge is 0.308 e. The van der Waals surface area contributed by atoms with Gasteiger partial charge in [-0.15, -0.1) is 0 Å². The fourth-order valence-corrected chi connectivity index (χ4v) is 3.10. The topological polar surface area (TPSA) is 6.48 Å². The van der Waals surface area contributed by atoms with Crippen LogP contribution >= 0.6 is 15.9 Å². The molecule has 0 N–H and O–H groups in total. The Hall–Kier alpha value is -0.380. The van der Waals surface area contributed by atoms with Crippen molar-refractivity contribution in [1.29, 1.82) is 0 Å². The Morgan fingerprint density at radius 1 is 1.33 bits per heavy atom. The maximum Gasteiger partial charge on any atom is 0.0349 e. The van der Waals surface area contributed by atoms with Crippen LogP contribution in [0.3, 0.4) is 0 Å². The van der Waals surface area contributed by atoms with Gasteiger partial charge in [-0.2, -0.15) is 0 Å². The molecule has 1 heterocycles. The average molecular weight is 311 g/mol. The number of rotatable bonds is 4. The van der Waals surface area contributed by atoms with Gasteiger partial charge in [0, 0.05) is 23.6 Å². The second-order valence-corrected chi connectivity index (χ2v) is 6.32. The molecule has 0 spiro atoms. The molecule has 1 fully saturated rings. The third kappa shape index (κ3) is 3.81. The van der Waals surface area contributed by atoms with Gasteiger partial charge >= 0.3 is 0 Å². The van der Waals surface area contributed by atoms with Crippen LogP contribution in [0.1, 0.15) is 30.9 Å². The van der Waals surface area contributed by atoms with Gasteiger partial charge in [0.05, 0.1) is 0 Å². The van der Waals surface area contributed by atoms with Crippen molar-refractivity contribution in [2.75, 3.05) is 33.7 Å². The molecule has 0 aromatic heterocycles. The molecule has 0 saturated carbocycles. The Morgan fingerprint density at radius 2 is 2.17 bits per heavy atom. The Labute approximate surface area is 119 Å². The fraction of sp³-hybridized carbons (Fsp3) is 0.600. The van der Waals surface area contributed by atoms with Gasteiger partial charge in [0.2, 0.25) is 0 Å². The van der Waals surface area contributed by atoms with E-state index in [4.69, 9.17) is 0 Å². The molecule has 1 atom stereocenters. The molecule has 18 heavy (non-hydrogen) atoms. The molecule has 0 radical (unpaired) electrons. The van der Waals surface area contributed by atoms with Gasteiger partial charge in [-0.25, -0.2) is 0 Å². The van der Waals surface area contributed by atoms with Crippen molar-refractivity contribution in [2.45, 2.75) is 25.3 Å². The summed E-state index contributed by atoms with van der Waals surface area (Å²) in [6.45, 7) is 3.56. The zero-order valence-corrected chi connectivity index (χ0v) is 13.0. The number of likely N-dealkylation sites (tertiary alicyclic amines) is 1. The molecule has 1 aliphatic heterocycles. The van der Waals surface area contributed by atoms with Crippen LogP contribution in [0.2, 0.25) is 0 Å². The molecule has 0 amide bonds. The molecule has 1 unspecified atom stereocenters. The highest BCUT2D eigenvalue weighted by Gasteiger charge is 2.23. The van der Waals surface area contributed by atoms with E-state index in [1.165, 1.54) is 42.4 Å². The number of halogens is 1. The smallest absolute Gasteiger partial charge is 0.0349 e. The standard InChI is InChI=1S/C15H23BrN2/c1-17(2)10-11-18-9-4-3-8-15(18)13-6-5-7-14(16)12-13/h5-7,12,15H,3-4,8-11H2,1-2H3. The zero-order valence-electron chi connectivity index (χ0n) is 11.4. The van der Waals surface area contributed by atoms with Gasteiger partial charge in [-0.1, -0.05) is 34.5 Å². The quantitative estimate of drug-likeness (QED) is 0.839. The van der Waals surface area contributed by atoms with E-state index in [1.807, 2.05) is 0 Å². The molecule has 1 aliphatic rings. The maximum absolute atomic E-state index is 3.58. The molecule has 100 valence electrons. The predicted octanol–water partition coefficient (Wildman–Crippen LogP) is 3.54. The third-order valence-corrected chi connectivity index (χ3v) is 4.17. The number of likely N-dealkylation sites (N-methyl/N-ethyl adjacent to an activating group) is 1. The van der Waals surface area contributed by atoms with Gasteiger partial charge < -0.3 is 4.90 Å². The first-order valence-electron chi connectivity index (χ1n) is 6.81. The maximum atomic E-state index is 3.58. The SMILES string of the molecule is CN(C)CCN1CCCCC1c1cccc(Br)c1. The zero-order chi connectivity index (χ0) is 13.0. The van der Waals surface area contributed by atoms with Crippen molar-refractivity contribution in [3.63, 3.8) is 0 Å². The minimum atomic E-state index is 0.608. The van der Waals surface area contributed by atoms with Crippen LogP contribution in [0.25, 0.3) is 0 Å². The normalized spacial score (nSPS) is 21.4. The lowest BCUT2D eigenvalue weighted by Gasteiger charge is -2.36. The lowest BCUT2D eigenvalue weighted by Crippen LogP contribution is -2.38. The van der Waals surface area contributed by atoms with Crippen LogP contribution in [0.5, 0.6) is 0 Å². The van der Waals surface area contributed by atoms with Gasteiger partial charge in [0.25, 0.3) is 0 Å². The predicted molar refractivity (Wildman–Crippen MR) is 80.9 cm³/mol. The van der Waals surface area contributed by atoms with Crippen molar-refractivity contribution >= 4 is 15.9 Å². The van der Waals surface area contributed by atoms with Gasteiger partial charge in [0.15, 0.2) is 0 Å². The van der Waals surface area contributed by atoms with Crippen molar-refractivity contribution in [2.24, 2.45) is 0 Å². The van der Waals surface area contributed by atoms with E-state index in [0.29, 0.717) is 6.04 Å². The highest BCUT2D eigenvalue weighted by molar-refractivity contribution is 9.10. The van der Waals surface area contributed by atoms with Crippen molar-refractivity contribution in [3.8, 4) is 0 Å². The third-order valence-electron chi connectivity index (χ3n) is 3.68. The summed E-state index contributed by atoms with van der Waals surface area (Å²) in [5.41, 5.74) is 1.46. The second kappa shape index (κ2) is 6.69. The van der Waals surface area contributed by atoms with Crippen molar-refractivity contribution < 1.29 is 0 Å². The summed E-state index contributed by atoms with van der Waals surface area (Å²) < 4.78 is 1.19. The van der Waals surface area contributed by atoms with Gasteiger partial charge in [0.1, 0.15) is 0 Å². The van der Waals surface area contributed by atoms with E-state index in [-0.39, 0.29) is 0 Å². The molecule has 3 heteroatoms. The second-order valence-electron chi connectivity index (χ2n) is 5.41. The first-order valence-corrected chi connectivity index (χ1v) is 7.60. The van der Waals surface area contributed by atoms with Gasteiger partial charge in [-0.3, -0.25) is 4.90 Å². The number of hydrogen-bond acceptors (Lipinski definition) is 2.